The molecule has 0 N–H and O–H groups in total. The van der Waals surface area contributed by atoms with E-state index in [-0.39, 0.29) is 0 Å². The summed E-state index contributed by atoms with van der Waals surface area (Å²) in [4.78, 5) is 4.29. The maximum Gasteiger partial charge on any atom is 0.108 e. The Morgan fingerprint density at radius 3 is 2.50 bits per heavy atom. The Hall–Kier alpha value is 0.237. The number of rotatable bonds is 2. The molecule has 1 aliphatic carbocycles. The van der Waals surface area contributed by atoms with Crippen molar-refractivity contribution in [1.29, 1.82) is 0 Å². The van der Waals surface area contributed by atoms with Crippen molar-refractivity contribution in [2.75, 3.05) is 7.05 Å². The molecule has 1 fully saturated rings. The van der Waals surface area contributed by atoms with Crippen LogP contribution in [0.15, 0.2) is 4.99 Å². The summed E-state index contributed by atoms with van der Waals surface area (Å²) in [5.41, 5.74) is 1.44. The molecule has 1 atom stereocenters. The minimum Gasteiger partial charge on any atom is -0.297 e. The second-order valence-electron chi connectivity index (χ2n) is 4.38. The van der Waals surface area contributed by atoms with Gasteiger partial charge in [-0.25, -0.2) is 0 Å². The first-order chi connectivity index (χ1) is 5.51. The quantitative estimate of drug-likeness (QED) is 0.625. The number of nitrogens with zero attached hydrogens (tertiary/aromatic N) is 1. The molecule has 0 spiro atoms. The Labute approximate surface area is 80.7 Å². The Bertz CT molecular complexity index is 183. The van der Waals surface area contributed by atoms with Crippen molar-refractivity contribution in [3.63, 3.8) is 0 Å². The smallest absolute Gasteiger partial charge is 0.108 e. The molecular weight excluding hydrogens is 182 g/mol. The highest BCUT2D eigenvalue weighted by molar-refractivity contribution is 8.29. The highest BCUT2D eigenvalue weighted by atomic mass is 32.4. The van der Waals surface area contributed by atoms with Gasteiger partial charge in [0.2, 0.25) is 0 Å². The standard InChI is InChI=1S/C9H19NSSi/c1-10-8-5-6-9(7-8)11-12(2,3)4/h9H,5-7H2,1-4H3. The lowest BCUT2D eigenvalue weighted by Gasteiger charge is -2.19. The van der Waals surface area contributed by atoms with Crippen molar-refractivity contribution in [2.24, 2.45) is 4.99 Å². The normalized spacial score (nSPS) is 28.3. The molecule has 12 heavy (non-hydrogen) atoms. The van der Waals surface area contributed by atoms with Crippen LogP contribution in [0.4, 0.5) is 0 Å². The maximum atomic E-state index is 4.29. The molecule has 70 valence electrons. The van der Waals surface area contributed by atoms with Gasteiger partial charge in [0.15, 0.2) is 0 Å². The van der Waals surface area contributed by atoms with E-state index >= 15 is 0 Å². The first-order valence-electron chi connectivity index (χ1n) is 4.63. The molecule has 1 unspecified atom stereocenters. The lowest BCUT2D eigenvalue weighted by Crippen LogP contribution is -2.18. The molecule has 1 saturated carbocycles. The highest BCUT2D eigenvalue weighted by Crippen LogP contribution is 2.34. The van der Waals surface area contributed by atoms with Crippen LogP contribution >= 0.6 is 11.2 Å². The van der Waals surface area contributed by atoms with E-state index in [0.717, 1.165) is 5.25 Å². The largest absolute Gasteiger partial charge is 0.297 e. The average molecular weight is 201 g/mol. The molecule has 1 nitrogen and oxygen atoms in total. The zero-order valence-electron chi connectivity index (χ0n) is 8.55. The maximum absolute atomic E-state index is 4.29. The van der Waals surface area contributed by atoms with Gasteiger partial charge in [0.25, 0.3) is 0 Å². The van der Waals surface area contributed by atoms with Crippen molar-refractivity contribution in [3.8, 4) is 0 Å². The zero-order valence-corrected chi connectivity index (χ0v) is 10.4. The van der Waals surface area contributed by atoms with Gasteiger partial charge >= 0.3 is 0 Å². The summed E-state index contributed by atoms with van der Waals surface area (Å²) in [5, 5.41) is 0.885. The zero-order chi connectivity index (χ0) is 9.19. The van der Waals surface area contributed by atoms with Crippen LogP contribution in [0.2, 0.25) is 19.6 Å². The van der Waals surface area contributed by atoms with E-state index in [9.17, 15) is 0 Å². The van der Waals surface area contributed by atoms with Gasteiger partial charge in [-0.2, -0.15) is 11.2 Å². The van der Waals surface area contributed by atoms with E-state index in [4.69, 9.17) is 0 Å². The lowest BCUT2D eigenvalue weighted by molar-refractivity contribution is 0.911. The topological polar surface area (TPSA) is 12.4 Å². The molecule has 0 aromatic rings. The number of aliphatic imine (C=N–C) groups is 1. The lowest BCUT2D eigenvalue weighted by atomic mass is 10.3. The molecule has 0 saturated heterocycles. The van der Waals surface area contributed by atoms with E-state index in [0.29, 0.717) is 0 Å². The molecule has 0 bridgehead atoms. The van der Waals surface area contributed by atoms with Crippen LogP contribution in [0.5, 0.6) is 0 Å². The highest BCUT2D eigenvalue weighted by Gasteiger charge is 2.26. The van der Waals surface area contributed by atoms with Gasteiger partial charge in [-0.3, -0.25) is 4.99 Å². The Morgan fingerprint density at radius 2 is 2.08 bits per heavy atom. The van der Waals surface area contributed by atoms with Crippen LogP contribution in [0.25, 0.3) is 0 Å². The third-order valence-corrected chi connectivity index (χ3v) is 6.62. The van der Waals surface area contributed by atoms with E-state index in [1.807, 2.05) is 7.05 Å². The van der Waals surface area contributed by atoms with Gasteiger partial charge in [-0.1, -0.05) is 19.6 Å². The molecule has 0 heterocycles. The Kier molecular flexibility index (Phi) is 3.41. The molecule has 3 heteroatoms. The summed E-state index contributed by atoms with van der Waals surface area (Å²) in [6, 6.07) is 0. The van der Waals surface area contributed by atoms with Crippen LogP contribution < -0.4 is 0 Å². The molecule has 0 radical (unpaired) electrons. The van der Waals surface area contributed by atoms with Gasteiger partial charge in [0.1, 0.15) is 7.22 Å². The Balaban J connectivity index is 2.38. The summed E-state index contributed by atoms with van der Waals surface area (Å²) < 4.78 is 0. The fourth-order valence-corrected chi connectivity index (χ4v) is 6.71. The third kappa shape index (κ3) is 3.31. The van der Waals surface area contributed by atoms with E-state index in [1.165, 1.54) is 25.0 Å². The van der Waals surface area contributed by atoms with Gasteiger partial charge in [0.05, 0.1) is 0 Å². The van der Waals surface area contributed by atoms with Crippen molar-refractivity contribution in [2.45, 2.75) is 44.2 Å². The van der Waals surface area contributed by atoms with Gasteiger partial charge < -0.3 is 0 Å². The van der Waals surface area contributed by atoms with E-state index in [2.05, 4.69) is 35.8 Å². The third-order valence-electron chi connectivity index (χ3n) is 2.05. The average Bonchev–Trinajstić information content (AvgIpc) is 2.32. The molecular formula is C9H19NSSi. The summed E-state index contributed by atoms with van der Waals surface area (Å²) in [6.45, 7) is 7.29. The monoisotopic (exact) mass is 201 g/mol. The minimum atomic E-state index is -0.903. The SMILES string of the molecule is CN=C1CCC(S[Si](C)(C)C)C1. The van der Waals surface area contributed by atoms with Crippen LogP contribution in [-0.2, 0) is 0 Å². The number of hydrogen-bond acceptors (Lipinski definition) is 2. The molecule has 0 aliphatic heterocycles. The van der Waals surface area contributed by atoms with Crippen LogP contribution in [-0.4, -0.2) is 25.2 Å². The van der Waals surface area contributed by atoms with E-state index in [1.54, 1.807) is 0 Å². The second kappa shape index (κ2) is 3.96. The predicted octanol–water partition coefficient (Wildman–Crippen LogP) is 3.18. The van der Waals surface area contributed by atoms with Gasteiger partial charge in [-0.05, 0) is 19.3 Å². The van der Waals surface area contributed by atoms with Gasteiger partial charge in [0, 0.05) is 18.0 Å². The van der Waals surface area contributed by atoms with Crippen LogP contribution in [0.1, 0.15) is 19.3 Å². The first kappa shape index (κ1) is 10.3. The summed E-state index contributed by atoms with van der Waals surface area (Å²) >= 11 is 2.24. The summed E-state index contributed by atoms with van der Waals surface area (Å²) in [6.07, 6.45) is 3.87. The molecule has 0 aromatic heterocycles. The van der Waals surface area contributed by atoms with Crippen molar-refractivity contribution < 1.29 is 0 Å². The summed E-state index contributed by atoms with van der Waals surface area (Å²) in [7, 11) is 1.02. The fourth-order valence-electron chi connectivity index (χ4n) is 1.60. The molecule has 1 rings (SSSR count). The number of hydrogen-bond donors (Lipinski definition) is 0. The first-order valence-corrected chi connectivity index (χ1v) is 9.74. The van der Waals surface area contributed by atoms with Crippen LogP contribution in [0, 0.1) is 0 Å². The predicted molar refractivity (Wildman–Crippen MR) is 61.9 cm³/mol. The van der Waals surface area contributed by atoms with Crippen LogP contribution in [0.3, 0.4) is 0 Å². The summed E-state index contributed by atoms with van der Waals surface area (Å²) in [5.74, 6) is 0. The fraction of sp³-hybridized carbons (Fsp3) is 0.889. The van der Waals surface area contributed by atoms with Crippen molar-refractivity contribution in [3.05, 3.63) is 0 Å². The minimum absolute atomic E-state index is 0.885. The molecule has 0 amide bonds. The van der Waals surface area contributed by atoms with Crippen molar-refractivity contribution >= 4 is 24.1 Å². The molecule has 1 aliphatic rings. The molecule has 0 aromatic carbocycles. The Morgan fingerprint density at radius 1 is 1.42 bits per heavy atom. The van der Waals surface area contributed by atoms with E-state index < -0.39 is 7.22 Å². The second-order valence-corrected chi connectivity index (χ2v) is 13.9. The van der Waals surface area contributed by atoms with Gasteiger partial charge in [-0.15, -0.1) is 0 Å². The van der Waals surface area contributed by atoms with Crippen molar-refractivity contribution in [1.82, 2.24) is 0 Å².